The van der Waals surface area contributed by atoms with Gasteiger partial charge in [0.05, 0.1) is 27.2 Å². The summed E-state index contributed by atoms with van der Waals surface area (Å²) in [6.07, 6.45) is 12.4. The average Bonchev–Trinajstić information content (AvgIpc) is 2.47. The second-order valence-electron chi connectivity index (χ2n) is 8.02. The Morgan fingerprint density at radius 3 is 1.96 bits per heavy atom. The predicted molar refractivity (Wildman–Crippen MR) is 105 cm³/mol. The first-order chi connectivity index (χ1) is 11.2. The van der Waals surface area contributed by atoms with Crippen LogP contribution in [0, 0.1) is 0 Å². The molecule has 0 saturated heterocycles. The van der Waals surface area contributed by atoms with Crippen molar-refractivity contribution in [3.05, 3.63) is 0 Å². The summed E-state index contributed by atoms with van der Waals surface area (Å²) in [6, 6.07) is 0. The van der Waals surface area contributed by atoms with Crippen LogP contribution in [0.1, 0.15) is 78.1 Å². The van der Waals surface area contributed by atoms with Crippen molar-refractivity contribution in [2.75, 3.05) is 41.0 Å². The van der Waals surface area contributed by atoms with Crippen LogP contribution in [0.5, 0.6) is 0 Å². The number of rotatable bonds is 16. The van der Waals surface area contributed by atoms with Crippen LogP contribution < -0.4 is 0 Å². The van der Waals surface area contributed by atoms with Crippen molar-refractivity contribution in [2.24, 2.45) is 0 Å². The van der Waals surface area contributed by atoms with Crippen molar-refractivity contribution in [1.29, 1.82) is 0 Å². The van der Waals surface area contributed by atoms with Crippen LogP contribution in [0.15, 0.2) is 0 Å². The van der Waals surface area contributed by atoms with E-state index in [1.54, 1.807) is 6.66 Å². The summed E-state index contributed by atoms with van der Waals surface area (Å²) in [5.41, 5.74) is 0. The zero-order valence-electron chi connectivity index (χ0n) is 17.2. The molecule has 0 radical (unpaired) electrons. The van der Waals surface area contributed by atoms with Gasteiger partial charge in [0.2, 0.25) is 0 Å². The molecule has 0 N–H and O–H groups in total. The number of hydrogen-bond acceptors (Lipinski definition) is 3. The van der Waals surface area contributed by atoms with Crippen LogP contribution in [0.3, 0.4) is 0 Å². The summed E-state index contributed by atoms with van der Waals surface area (Å²) in [5, 5.41) is 0. The van der Waals surface area contributed by atoms with Gasteiger partial charge < -0.3 is 13.5 Å². The van der Waals surface area contributed by atoms with E-state index in [2.05, 4.69) is 35.0 Å². The van der Waals surface area contributed by atoms with E-state index in [0.717, 1.165) is 30.3 Å². The molecule has 5 heteroatoms. The number of likely N-dealkylation sites (N-methyl/N-ethyl adjacent to an activating group) is 1. The lowest BCUT2D eigenvalue weighted by Gasteiger charge is -2.26. The maximum atomic E-state index is 12.5. The highest BCUT2D eigenvalue weighted by molar-refractivity contribution is 7.53. The lowest BCUT2D eigenvalue weighted by Crippen LogP contribution is -2.37. The second kappa shape index (κ2) is 13.3. The van der Waals surface area contributed by atoms with E-state index in [1.165, 1.54) is 44.9 Å². The van der Waals surface area contributed by atoms with Crippen molar-refractivity contribution < 1.29 is 18.1 Å². The first kappa shape index (κ1) is 24.1. The van der Waals surface area contributed by atoms with Crippen LogP contribution in [0.2, 0.25) is 0 Å². The molecule has 0 saturated carbocycles. The molecule has 0 rings (SSSR count). The number of quaternary nitrogens is 1. The SMILES string of the molecule is CCCCCCCCCCC(CC)OP(C)(=O)OCC[N+](C)(C)C. The predicted octanol–water partition coefficient (Wildman–Crippen LogP) is 5.86. The summed E-state index contributed by atoms with van der Waals surface area (Å²) in [6.45, 7) is 7.27. The molecule has 0 aliphatic carbocycles. The molecule has 0 spiro atoms. The quantitative estimate of drug-likeness (QED) is 0.195. The third kappa shape index (κ3) is 15.6. The van der Waals surface area contributed by atoms with Crippen molar-refractivity contribution in [3.63, 3.8) is 0 Å². The molecule has 0 aliphatic rings. The van der Waals surface area contributed by atoms with Gasteiger partial charge in [0.25, 0.3) is 0 Å². The van der Waals surface area contributed by atoms with Gasteiger partial charge in [-0.3, -0.25) is 4.57 Å². The molecule has 2 unspecified atom stereocenters. The van der Waals surface area contributed by atoms with Gasteiger partial charge in [0, 0.05) is 6.66 Å². The number of nitrogens with zero attached hydrogens (tertiary/aromatic N) is 1. The summed E-state index contributed by atoms with van der Waals surface area (Å²) >= 11 is 0. The molecular weight excluding hydrogens is 321 g/mol. The number of unbranched alkanes of at least 4 members (excludes halogenated alkanes) is 7. The smallest absolute Gasteiger partial charge is 0.328 e. The van der Waals surface area contributed by atoms with Crippen LogP contribution >= 0.6 is 7.60 Å². The molecule has 0 aromatic heterocycles. The summed E-state index contributed by atoms with van der Waals surface area (Å²) in [7, 11) is 3.36. The highest BCUT2D eigenvalue weighted by Gasteiger charge is 2.23. The summed E-state index contributed by atoms with van der Waals surface area (Å²) in [4.78, 5) is 0. The van der Waals surface area contributed by atoms with E-state index >= 15 is 0 Å². The van der Waals surface area contributed by atoms with Gasteiger partial charge in [-0.1, -0.05) is 65.2 Å². The van der Waals surface area contributed by atoms with Crippen LogP contribution in [-0.2, 0) is 13.6 Å². The Morgan fingerprint density at radius 1 is 0.917 bits per heavy atom. The molecule has 0 aromatic carbocycles. The Labute approximate surface area is 151 Å². The summed E-state index contributed by atoms with van der Waals surface area (Å²) < 4.78 is 24.6. The van der Waals surface area contributed by atoms with Gasteiger partial charge in [-0.05, 0) is 12.8 Å². The molecule has 4 nitrogen and oxygen atoms in total. The fraction of sp³-hybridized carbons (Fsp3) is 1.00. The van der Waals surface area contributed by atoms with Gasteiger partial charge in [-0.15, -0.1) is 0 Å². The van der Waals surface area contributed by atoms with Gasteiger partial charge in [-0.2, -0.15) is 0 Å². The minimum Gasteiger partial charge on any atom is -0.329 e. The first-order valence-corrected chi connectivity index (χ1v) is 11.9. The van der Waals surface area contributed by atoms with E-state index in [1.807, 2.05) is 0 Å². The van der Waals surface area contributed by atoms with Gasteiger partial charge in [0.1, 0.15) is 13.2 Å². The normalized spacial score (nSPS) is 16.1. The molecule has 0 fully saturated rings. The Kier molecular flexibility index (Phi) is 13.4. The van der Waals surface area contributed by atoms with Crippen molar-refractivity contribution in [1.82, 2.24) is 0 Å². The van der Waals surface area contributed by atoms with Crippen LogP contribution in [0.25, 0.3) is 0 Å². The van der Waals surface area contributed by atoms with E-state index in [4.69, 9.17) is 9.05 Å². The highest BCUT2D eigenvalue weighted by atomic mass is 31.2. The Morgan fingerprint density at radius 2 is 1.46 bits per heavy atom. The monoisotopic (exact) mass is 364 g/mol. The van der Waals surface area contributed by atoms with Gasteiger partial charge in [-0.25, -0.2) is 0 Å². The largest absolute Gasteiger partial charge is 0.329 e. The summed E-state index contributed by atoms with van der Waals surface area (Å²) in [5.74, 6) is 0. The van der Waals surface area contributed by atoms with E-state index in [9.17, 15) is 4.57 Å². The molecular formula is C19H43NO3P+. The van der Waals surface area contributed by atoms with E-state index in [-0.39, 0.29) is 6.10 Å². The lowest BCUT2D eigenvalue weighted by atomic mass is 10.0. The molecule has 0 bridgehead atoms. The third-order valence-electron chi connectivity index (χ3n) is 4.26. The van der Waals surface area contributed by atoms with Gasteiger partial charge >= 0.3 is 7.60 Å². The molecule has 0 amide bonds. The lowest BCUT2D eigenvalue weighted by molar-refractivity contribution is -0.870. The Bertz CT molecular complexity index is 342. The first-order valence-electron chi connectivity index (χ1n) is 9.91. The minimum atomic E-state index is -2.94. The maximum Gasteiger partial charge on any atom is 0.328 e. The molecule has 0 heterocycles. The van der Waals surface area contributed by atoms with Crippen LogP contribution in [0.4, 0.5) is 0 Å². The zero-order chi connectivity index (χ0) is 18.5. The molecule has 24 heavy (non-hydrogen) atoms. The molecule has 146 valence electrons. The van der Waals surface area contributed by atoms with Crippen molar-refractivity contribution in [3.8, 4) is 0 Å². The topological polar surface area (TPSA) is 35.5 Å². The standard InChI is InChI=1S/C19H43NO3P/c1-7-9-10-11-12-13-14-15-16-19(8-2)23-24(6,21)22-18-17-20(3,4)5/h19H,7-18H2,1-6H3/q+1. The zero-order valence-corrected chi connectivity index (χ0v) is 18.1. The van der Waals surface area contributed by atoms with Crippen molar-refractivity contribution in [2.45, 2.75) is 84.2 Å². The molecule has 0 aromatic rings. The third-order valence-corrected chi connectivity index (χ3v) is 5.60. The fourth-order valence-corrected chi connectivity index (χ4v) is 3.89. The van der Waals surface area contributed by atoms with Gasteiger partial charge in [0.15, 0.2) is 0 Å². The molecule has 2 atom stereocenters. The number of hydrogen-bond donors (Lipinski definition) is 0. The molecule has 0 aliphatic heterocycles. The van der Waals surface area contributed by atoms with Crippen LogP contribution in [-0.4, -0.2) is 51.5 Å². The Hall–Kier alpha value is 0.110. The Balaban J connectivity index is 3.85. The second-order valence-corrected chi connectivity index (χ2v) is 10.0. The van der Waals surface area contributed by atoms with E-state index < -0.39 is 7.60 Å². The van der Waals surface area contributed by atoms with E-state index in [0.29, 0.717) is 6.61 Å². The average molecular weight is 365 g/mol. The fourth-order valence-electron chi connectivity index (χ4n) is 2.62. The highest BCUT2D eigenvalue weighted by Crippen LogP contribution is 2.46. The maximum absolute atomic E-state index is 12.5. The van der Waals surface area contributed by atoms with Crippen molar-refractivity contribution >= 4 is 7.60 Å². The minimum absolute atomic E-state index is 0.0602.